The fraction of sp³-hybridized carbons (Fsp3) is 0.0588. The Bertz CT molecular complexity index is 675. The predicted molar refractivity (Wildman–Crippen MR) is 79.7 cm³/mol. The van der Waals surface area contributed by atoms with Crippen molar-refractivity contribution < 1.29 is 5.11 Å². The van der Waals surface area contributed by atoms with Gasteiger partial charge in [0.05, 0.1) is 5.69 Å². The summed E-state index contributed by atoms with van der Waals surface area (Å²) in [6.45, 7) is 0. The number of allylic oxidation sites excluding steroid dienone is 4. The number of phenols is 1. The molecule has 0 fully saturated rings. The minimum Gasteiger partial charge on any atom is -0.506 e. The highest BCUT2D eigenvalue weighted by Gasteiger charge is 2.09. The molecular formula is C17H14N2O. The van der Waals surface area contributed by atoms with Crippen LogP contribution in [0.1, 0.15) is 11.5 Å². The van der Waals surface area contributed by atoms with Crippen LogP contribution in [-0.2, 0) is 0 Å². The van der Waals surface area contributed by atoms with Crippen LogP contribution in [0.5, 0.6) is 5.75 Å². The molecule has 3 rings (SSSR count). The molecule has 0 bridgehead atoms. The normalized spacial score (nSPS) is 14.4. The largest absolute Gasteiger partial charge is 0.506 e. The van der Waals surface area contributed by atoms with E-state index in [2.05, 4.69) is 22.4 Å². The van der Waals surface area contributed by atoms with Crippen molar-refractivity contribution in [3.63, 3.8) is 0 Å². The summed E-state index contributed by atoms with van der Waals surface area (Å²) in [6.07, 6.45) is 8.24. The molecule has 2 aromatic rings. The number of hydrogen-bond donors (Lipinski definition) is 1. The predicted octanol–water partition coefficient (Wildman–Crippen LogP) is 5.02. The molecular weight excluding hydrogens is 248 g/mol. The standard InChI is InChI=1S/C17H14N2O/c20-17-11-10-14(13-6-4-5-7-13)12-16(17)19-18-15-8-2-1-3-9-15/h1-13,20H. The topological polar surface area (TPSA) is 45.0 Å². The lowest BCUT2D eigenvalue weighted by Gasteiger charge is -2.07. The third kappa shape index (κ3) is 2.67. The zero-order valence-electron chi connectivity index (χ0n) is 10.8. The Morgan fingerprint density at radius 3 is 2.35 bits per heavy atom. The lowest BCUT2D eigenvalue weighted by atomic mass is 10.0. The fourth-order valence-corrected chi connectivity index (χ4v) is 2.09. The number of rotatable bonds is 3. The third-order valence-corrected chi connectivity index (χ3v) is 3.16. The smallest absolute Gasteiger partial charge is 0.143 e. The monoisotopic (exact) mass is 262 g/mol. The Labute approximate surface area is 117 Å². The second-order valence-electron chi connectivity index (χ2n) is 4.58. The molecule has 0 aliphatic heterocycles. The summed E-state index contributed by atoms with van der Waals surface area (Å²) in [7, 11) is 0. The van der Waals surface area contributed by atoms with Gasteiger partial charge in [-0.05, 0) is 29.8 Å². The van der Waals surface area contributed by atoms with E-state index < -0.39 is 0 Å². The maximum absolute atomic E-state index is 9.87. The first-order valence-corrected chi connectivity index (χ1v) is 6.47. The molecule has 3 heteroatoms. The first-order valence-electron chi connectivity index (χ1n) is 6.47. The molecule has 1 N–H and O–H groups in total. The summed E-state index contributed by atoms with van der Waals surface area (Å²) >= 11 is 0. The molecule has 1 aliphatic carbocycles. The highest BCUT2D eigenvalue weighted by molar-refractivity contribution is 5.55. The fourth-order valence-electron chi connectivity index (χ4n) is 2.09. The molecule has 0 unspecified atom stereocenters. The van der Waals surface area contributed by atoms with Crippen LogP contribution in [-0.4, -0.2) is 5.11 Å². The number of phenolic OH excluding ortho intramolecular Hbond substituents is 1. The van der Waals surface area contributed by atoms with Gasteiger partial charge in [0, 0.05) is 5.92 Å². The van der Waals surface area contributed by atoms with Crippen molar-refractivity contribution in [1.29, 1.82) is 0 Å². The minimum absolute atomic E-state index is 0.138. The zero-order valence-corrected chi connectivity index (χ0v) is 10.8. The van der Waals surface area contributed by atoms with E-state index in [0.29, 0.717) is 5.69 Å². The Morgan fingerprint density at radius 1 is 0.850 bits per heavy atom. The molecule has 98 valence electrons. The second kappa shape index (κ2) is 5.53. The zero-order chi connectivity index (χ0) is 13.8. The van der Waals surface area contributed by atoms with Gasteiger partial charge in [0.2, 0.25) is 0 Å². The van der Waals surface area contributed by atoms with Gasteiger partial charge in [0.25, 0.3) is 0 Å². The Morgan fingerprint density at radius 2 is 1.60 bits per heavy atom. The first kappa shape index (κ1) is 12.4. The Hall–Kier alpha value is -2.68. The Balaban J connectivity index is 1.89. The number of hydrogen-bond acceptors (Lipinski definition) is 3. The van der Waals surface area contributed by atoms with Crippen molar-refractivity contribution in [3.8, 4) is 5.75 Å². The van der Waals surface area contributed by atoms with Crippen molar-refractivity contribution in [1.82, 2.24) is 0 Å². The third-order valence-electron chi connectivity index (χ3n) is 3.16. The average molecular weight is 262 g/mol. The van der Waals surface area contributed by atoms with Crippen LogP contribution in [0.15, 0.2) is 83.1 Å². The molecule has 0 heterocycles. The number of benzene rings is 2. The molecule has 0 spiro atoms. The van der Waals surface area contributed by atoms with Crippen LogP contribution in [0.2, 0.25) is 0 Å². The first-order chi connectivity index (χ1) is 9.83. The van der Waals surface area contributed by atoms with Crippen LogP contribution in [0.25, 0.3) is 0 Å². The van der Waals surface area contributed by atoms with Gasteiger partial charge in [-0.3, -0.25) is 0 Å². The van der Waals surface area contributed by atoms with Crippen molar-refractivity contribution in [2.24, 2.45) is 10.2 Å². The summed E-state index contributed by atoms with van der Waals surface area (Å²) < 4.78 is 0. The molecule has 0 saturated carbocycles. The van der Waals surface area contributed by atoms with Crippen molar-refractivity contribution in [3.05, 3.63) is 78.4 Å². The van der Waals surface area contributed by atoms with E-state index in [9.17, 15) is 5.11 Å². The molecule has 2 aromatic carbocycles. The van der Waals surface area contributed by atoms with Crippen LogP contribution in [0, 0.1) is 0 Å². The average Bonchev–Trinajstić information content (AvgIpc) is 3.02. The molecule has 0 aromatic heterocycles. The lowest BCUT2D eigenvalue weighted by Crippen LogP contribution is -1.87. The van der Waals surface area contributed by atoms with Gasteiger partial charge in [-0.15, -0.1) is 5.11 Å². The number of nitrogens with zero attached hydrogens (tertiary/aromatic N) is 2. The van der Waals surface area contributed by atoms with E-state index in [1.807, 2.05) is 54.6 Å². The highest BCUT2D eigenvalue weighted by Crippen LogP contribution is 2.33. The number of aromatic hydroxyl groups is 1. The quantitative estimate of drug-likeness (QED) is 0.776. The summed E-state index contributed by atoms with van der Waals surface area (Å²) in [5.74, 6) is 0.390. The molecule has 0 saturated heterocycles. The van der Waals surface area contributed by atoms with E-state index >= 15 is 0 Å². The lowest BCUT2D eigenvalue weighted by molar-refractivity contribution is 0.476. The SMILES string of the molecule is Oc1ccc(C2C=CC=C2)cc1N=Nc1ccccc1. The van der Waals surface area contributed by atoms with E-state index in [1.54, 1.807) is 6.07 Å². The van der Waals surface area contributed by atoms with Gasteiger partial charge in [-0.2, -0.15) is 5.11 Å². The summed E-state index contributed by atoms with van der Waals surface area (Å²) in [5, 5.41) is 18.1. The van der Waals surface area contributed by atoms with E-state index in [-0.39, 0.29) is 11.7 Å². The van der Waals surface area contributed by atoms with E-state index in [4.69, 9.17) is 0 Å². The minimum atomic E-state index is 0.138. The van der Waals surface area contributed by atoms with Gasteiger partial charge in [0.15, 0.2) is 0 Å². The van der Waals surface area contributed by atoms with Gasteiger partial charge in [-0.25, -0.2) is 0 Å². The van der Waals surface area contributed by atoms with E-state index in [0.717, 1.165) is 11.3 Å². The van der Waals surface area contributed by atoms with Gasteiger partial charge in [-0.1, -0.05) is 48.6 Å². The molecule has 3 nitrogen and oxygen atoms in total. The Kier molecular flexibility index (Phi) is 3.42. The molecule has 1 aliphatic rings. The maximum atomic E-state index is 9.87. The van der Waals surface area contributed by atoms with Gasteiger partial charge in [0.1, 0.15) is 11.4 Å². The van der Waals surface area contributed by atoms with Crippen molar-refractivity contribution in [2.75, 3.05) is 0 Å². The second-order valence-corrected chi connectivity index (χ2v) is 4.58. The maximum Gasteiger partial charge on any atom is 0.143 e. The molecule has 0 amide bonds. The van der Waals surface area contributed by atoms with Crippen LogP contribution in [0.3, 0.4) is 0 Å². The summed E-state index contributed by atoms with van der Waals surface area (Å²) in [4.78, 5) is 0. The van der Waals surface area contributed by atoms with Gasteiger partial charge < -0.3 is 5.11 Å². The van der Waals surface area contributed by atoms with E-state index in [1.165, 1.54) is 0 Å². The summed E-state index contributed by atoms with van der Waals surface area (Å²) in [5.41, 5.74) is 2.34. The molecule has 0 atom stereocenters. The van der Waals surface area contributed by atoms with Crippen LogP contribution in [0.4, 0.5) is 11.4 Å². The molecule has 20 heavy (non-hydrogen) atoms. The summed E-state index contributed by atoms with van der Waals surface area (Å²) in [6, 6.07) is 14.9. The molecule has 0 radical (unpaired) electrons. The van der Waals surface area contributed by atoms with Crippen LogP contribution < -0.4 is 0 Å². The number of azo groups is 1. The van der Waals surface area contributed by atoms with Crippen LogP contribution >= 0.6 is 0 Å². The highest BCUT2D eigenvalue weighted by atomic mass is 16.3. The van der Waals surface area contributed by atoms with Gasteiger partial charge >= 0.3 is 0 Å². The van der Waals surface area contributed by atoms with Crippen molar-refractivity contribution >= 4 is 11.4 Å². The van der Waals surface area contributed by atoms with Crippen molar-refractivity contribution in [2.45, 2.75) is 5.92 Å².